The molecule has 2 saturated heterocycles. The van der Waals surface area contributed by atoms with Crippen LogP contribution in [0.4, 0.5) is 0 Å². The summed E-state index contributed by atoms with van der Waals surface area (Å²) in [6.07, 6.45) is 10.3. The summed E-state index contributed by atoms with van der Waals surface area (Å²) < 4.78 is 7.37. The number of nitrogens with zero attached hydrogens (tertiary/aromatic N) is 3. The van der Waals surface area contributed by atoms with E-state index in [1.54, 1.807) is 12.1 Å². The Bertz CT molecular complexity index is 815. The average Bonchev–Trinajstić information content (AvgIpc) is 3.16. The van der Waals surface area contributed by atoms with Crippen molar-refractivity contribution in [2.24, 2.45) is 5.92 Å². The highest BCUT2D eigenvalue weighted by molar-refractivity contribution is 5.92. The molecule has 0 spiro atoms. The quantitative estimate of drug-likeness (QED) is 0.873. The predicted octanol–water partition coefficient (Wildman–Crippen LogP) is 3.52. The van der Waals surface area contributed by atoms with Crippen LogP contribution in [0.25, 0.3) is 11.4 Å². The number of hydrogen-bond donors (Lipinski definition) is 1. The van der Waals surface area contributed by atoms with Gasteiger partial charge in [0.15, 0.2) is 0 Å². The van der Waals surface area contributed by atoms with Crippen molar-refractivity contribution in [1.29, 1.82) is 0 Å². The molecule has 1 N–H and O–H groups in total. The molecule has 2 aromatic rings. The number of carboxylic acids is 1. The van der Waals surface area contributed by atoms with Crippen molar-refractivity contribution >= 4 is 5.97 Å². The average molecular weight is 369 g/mol. The Hall–Kier alpha value is -2.34. The van der Waals surface area contributed by atoms with E-state index in [1.165, 1.54) is 52.3 Å². The third-order valence-corrected chi connectivity index (χ3v) is 6.06. The maximum absolute atomic E-state index is 11.5. The maximum Gasteiger partial charge on any atom is 0.339 e. The van der Waals surface area contributed by atoms with Gasteiger partial charge in [-0.05, 0) is 62.9 Å². The van der Waals surface area contributed by atoms with Crippen LogP contribution in [-0.4, -0.2) is 51.8 Å². The summed E-state index contributed by atoms with van der Waals surface area (Å²) in [5.41, 5.74) is 0.982. The monoisotopic (exact) mass is 369 g/mol. The fourth-order valence-corrected chi connectivity index (χ4v) is 4.77. The second-order valence-corrected chi connectivity index (χ2v) is 7.62. The van der Waals surface area contributed by atoms with E-state index in [2.05, 4.69) is 14.5 Å². The van der Waals surface area contributed by atoms with Crippen LogP contribution >= 0.6 is 0 Å². The highest BCUT2D eigenvalue weighted by Gasteiger charge is 2.33. The van der Waals surface area contributed by atoms with E-state index in [4.69, 9.17) is 4.74 Å². The largest absolute Gasteiger partial charge is 0.496 e. The number of carbonyl (C=O) groups is 1. The van der Waals surface area contributed by atoms with Gasteiger partial charge >= 0.3 is 5.97 Å². The molecule has 27 heavy (non-hydrogen) atoms. The number of hydrogen-bond acceptors (Lipinski definition) is 4. The number of aromatic nitrogens is 2. The van der Waals surface area contributed by atoms with Gasteiger partial charge in [-0.25, -0.2) is 9.78 Å². The Balaban J connectivity index is 1.60. The molecule has 6 heteroatoms. The van der Waals surface area contributed by atoms with Gasteiger partial charge in [-0.15, -0.1) is 0 Å². The Morgan fingerprint density at radius 2 is 2.11 bits per heavy atom. The number of rotatable bonds is 5. The number of piperidine rings is 2. The molecule has 0 saturated carbocycles. The molecule has 2 fully saturated rings. The first-order chi connectivity index (χ1) is 13.2. The van der Waals surface area contributed by atoms with E-state index in [1.807, 2.05) is 18.5 Å². The van der Waals surface area contributed by atoms with Gasteiger partial charge in [0.2, 0.25) is 0 Å². The van der Waals surface area contributed by atoms with Crippen molar-refractivity contribution < 1.29 is 14.6 Å². The lowest BCUT2D eigenvalue weighted by molar-refractivity contribution is 0.0521. The second-order valence-electron chi connectivity index (χ2n) is 7.62. The molecule has 0 radical (unpaired) electrons. The van der Waals surface area contributed by atoms with Crippen LogP contribution in [0.5, 0.6) is 5.75 Å². The van der Waals surface area contributed by atoms with Crippen LogP contribution in [0, 0.1) is 5.92 Å². The molecule has 0 aliphatic carbocycles. The van der Waals surface area contributed by atoms with Crippen molar-refractivity contribution in [3.05, 3.63) is 36.2 Å². The van der Waals surface area contributed by atoms with Crippen molar-refractivity contribution in [2.75, 3.05) is 20.2 Å². The van der Waals surface area contributed by atoms with Crippen molar-refractivity contribution in [3.63, 3.8) is 0 Å². The summed E-state index contributed by atoms with van der Waals surface area (Å²) in [6, 6.07) is 5.93. The minimum atomic E-state index is -0.989. The van der Waals surface area contributed by atoms with E-state index in [0.717, 1.165) is 17.9 Å². The van der Waals surface area contributed by atoms with Gasteiger partial charge in [0.05, 0.1) is 7.11 Å². The van der Waals surface area contributed by atoms with E-state index in [0.29, 0.717) is 17.7 Å². The Morgan fingerprint density at radius 3 is 2.93 bits per heavy atom. The third-order valence-electron chi connectivity index (χ3n) is 6.06. The number of imidazole rings is 1. The molecule has 4 rings (SSSR count). The molecule has 144 valence electrons. The van der Waals surface area contributed by atoms with Crippen LogP contribution in [-0.2, 0) is 6.54 Å². The summed E-state index contributed by atoms with van der Waals surface area (Å²) >= 11 is 0. The van der Waals surface area contributed by atoms with E-state index < -0.39 is 5.97 Å². The smallest absolute Gasteiger partial charge is 0.339 e. The summed E-state index contributed by atoms with van der Waals surface area (Å²) in [5, 5.41) is 9.47. The van der Waals surface area contributed by atoms with Gasteiger partial charge in [0.25, 0.3) is 0 Å². The fraction of sp³-hybridized carbons (Fsp3) is 0.524. The van der Waals surface area contributed by atoms with Crippen molar-refractivity contribution in [3.8, 4) is 17.1 Å². The highest BCUT2D eigenvalue weighted by Crippen LogP contribution is 2.33. The number of ether oxygens (including phenoxy) is 1. The fourth-order valence-electron chi connectivity index (χ4n) is 4.77. The number of methoxy groups -OCH3 is 1. The van der Waals surface area contributed by atoms with Gasteiger partial charge < -0.3 is 19.3 Å². The zero-order valence-corrected chi connectivity index (χ0v) is 15.8. The van der Waals surface area contributed by atoms with E-state index >= 15 is 0 Å². The molecular weight excluding hydrogens is 342 g/mol. The molecule has 1 aromatic carbocycles. The number of benzene rings is 1. The van der Waals surface area contributed by atoms with Crippen molar-refractivity contribution in [2.45, 2.75) is 44.7 Å². The van der Waals surface area contributed by atoms with Crippen molar-refractivity contribution in [1.82, 2.24) is 14.5 Å². The summed E-state index contributed by atoms with van der Waals surface area (Å²) in [6.45, 7) is 3.40. The second kappa shape index (κ2) is 7.72. The standard InChI is InChI=1S/C21H27N3O3/c1-27-19-8-7-15(13-17(19)21(25)26)20-22-9-12-24(20)14-16-5-4-11-23-10-3-2-6-18(16)23/h7-9,12-13,16,18H,2-6,10-11,14H2,1H3,(H,25,26)/t16-,18+/m0/s1. The maximum atomic E-state index is 11.5. The third kappa shape index (κ3) is 3.58. The lowest BCUT2D eigenvalue weighted by atomic mass is 9.83. The minimum absolute atomic E-state index is 0.167. The molecule has 0 unspecified atom stereocenters. The van der Waals surface area contributed by atoms with Gasteiger partial charge in [-0.1, -0.05) is 6.42 Å². The summed E-state index contributed by atoms with van der Waals surface area (Å²) in [4.78, 5) is 18.7. The number of fused-ring (bicyclic) bond motifs is 1. The Morgan fingerprint density at radius 1 is 1.26 bits per heavy atom. The molecule has 0 amide bonds. The van der Waals surface area contributed by atoms with Gasteiger partial charge in [-0.2, -0.15) is 0 Å². The molecular formula is C21H27N3O3. The molecule has 0 bridgehead atoms. The molecule has 2 aliphatic heterocycles. The minimum Gasteiger partial charge on any atom is -0.496 e. The first-order valence-corrected chi connectivity index (χ1v) is 9.84. The number of carboxylic acid groups (broad SMARTS) is 1. The zero-order valence-electron chi connectivity index (χ0n) is 15.8. The molecule has 3 heterocycles. The molecule has 2 aliphatic rings. The summed E-state index contributed by atoms with van der Waals surface area (Å²) in [7, 11) is 1.49. The van der Waals surface area contributed by atoms with Gasteiger partial charge in [-0.3, -0.25) is 0 Å². The molecule has 6 nitrogen and oxygen atoms in total. The van der Waals surface area contributed by atoms with E-state index in [-0.39, 0.29) is 5.56 Å². The lowest BCUT2D eigenvalue weighted by Crippen LogP contribution is -2.49. The van der Waals surface area contributed by atoms with Gasteiger partial charge in [0.1, 0.15) is 17.1 Å². The molecule has 1 aromatic heterocycles. The summed E-state index contributed by atoms with van der Waals surface area (Å²) in [5.74, 6) is 0.837. The first-order valence-electron chi connectivity index (χ1n) is 9.84. The van der Waals surface area contributed by atoms with Crippen LogP contribution in [0.1, 0.15) is 42.5 Å². The number of aromatic carboxylic acids is 1. The SMILES string of the molecule is COc1ccc(-c2nccn2C[C@@H]2CCCN3CCCC[C@H]23)cc1C(=O)O. The lowest BCUT2D eigenvalue weighted by Gasteiger charge is -2.44. The predicted molar refractivity (Wildman–Crippen MR) is 103 cm³/mol. The van der Waals surface area contributed by atoms with Gasteiger partial charge in [0, 0.05) is 30.5 Å². The van der Waals surface area contributed by atoms with Crippen LogP contribution in [0.15, 0.2) is 30.6 Å². The van der Waals surface area contributed by atoms with Crippen LogP contribution < -0.4 is 4.74 Å². The highest BCUT2D eigenvalue weighted by atomic mass is 16.5. The Labute approximate surface area is 159 Å². The van der Waals surface area contributed by atoms with Crippen LogP contribution in [0.2, 0.25) is 0 Å². The molecule has 2 atom stereocenters. The Kier molecular flexibility index (Phi) is 5.16. The zero-order chi connectivity index (χ0) is 18.8. The van der Waals surface area contributed by atoms with Crippen LogP contribution in [0.3, 0.4) is 0 Å². The topological polar surface area (TPSA) is 67.6 Å². The normalized spacial score (nSPS) is 23.0. The first kappa shape index (κ1) is 18.0. The van der Waals surface area contributed by atoms with E-state index in [9.17, 15) is 9.90 Å².